The van der Waals surface area contributed by atoms with E-state index in [1.807, 2.05) is 30.4 Å². The molecule has 6 atom stereocenters. The van der Waals surface area contributed by atoms with Crippen molar-refractivity contribution in [1.29, 1.82) is 0 Å². The highest BCUT2D eigenvalue weighted by atomic mass is 16.7. The second-order valence-electron chi connectivity index (χ2n) is 20.2. The first-order valence-corrected chi connectivity index (χ1v) is 30.8. The third-order valence-electron chi connectivity index (χ3n) is 12.9. The summed E-state index contributed by atoms with van der Waals surface area (Å²) in [4.78, 5) is 51.1. The van der Waals surface area contributed by atoms with Crippen LogP contribution in [0.2, 0.25) is 0 Å². The normalized spacial score (nSPS) is 18.8. The molecule has 1 aliphatic heterocycles. The lowest BCUT2D eigenvalue weighted by atomic mass is 9.98. The van der Waals surface area contributed by atoms with Gasteiger partial charge in [0.2, 0.25) is 0 Å². The monoisotopic (exact) mass is 1130 g/mol. The van der Waals surface area contributed by atoms with E-state index in [0.29, 0.717) is 32.1 Å². The molecule has 1 saturated heterocycles. The van der Waals surface area contributed by atoms with Crippen LogP contribution in [0.5, 0.6) is 0 Å². The first kappa shape index (κ1) is 73.6. The number of hydrogen-bond donors (Lipinski definition) is 3. The molecule has 1 rings (SSSR count). The maximum absolute atomic E-state index is 13.1. The maximum atomic E-state index is 13.1. The predicted molar refractivity (Wildman–Crippen MR) is 330 cm³/mol. The van der Waals surface area contributed by atoms with Gasteiger partial charge in [0, 0.05) is 19.3 Å². The van der Waals surface area contributed by atoms with E-state index in [9.17, 15) is 34.5 Å². The summed E-state index contributed by atoms with van der Waals surface area (Å²) in [5.74, 6) is -3.37. The van der Waals surface area contributed by atoms with Crippen LogP contribution in [0.25, 0.3) is 0 Å². The van der Waals surface area contributed by atoms with E-state index in [1.165, 1.54) is 51.4 Å². The van der Waals surface area contributed by atoms with Crippen molar-refractivity contribution >= 4 is 23.9 Å². The van der Waals surface area contributed by atoms with E-state index in [0.717, 1.165) is 89.9 Å². The van der Waals surface area contributed by atoms with E-state index < -0.39 is 73.9 Å². The van der Waals surface area contributed by atoms with Crippen LogP contribution in [0.15, 0.2) is 146 Å². The molecule has 0 aromatic carbocycles. The number of unbranched alkanes of at least 4 members (excludes halogenated alkanes) is 12. The Morgan fingerprint density at radius 2 is 0.802 bits per heavy atom. The van der Waals surface area contributed by atoms with E-state index in [1.54, 1.807) is 0 Å². The molecule has 0 aromatic heterocycles. The standard InChI is InChI=1S/C69H106O12/c1-4-7-10-13-16-19-22-25-27-29-31-33-35-38-40-43-46-49-52-55-61(70)77-58-60(79-62(71)56-53-50-47-44-41-37-24-21-18-15-12-9-6-3)59-78-69-67(65(74)64(73)66(81-69)68(75)76)80-63(72)57-54-51-48-45-42-39-36-34-32-30-28-26-23-20-17-14-11-8-5-2/h7,9-10,12,16-21,25-28,31,33,37-38,40-41,46-47,49-50,60,64-67,69,73-74H,4-6,8,11,13-15,22-24,29-30,32,34-36,39,42-45,48,51-59H2,1-3H3,(H,75,76)/b10-7-,12-9-,19-16-,20-17-,21-18-,27-25-,28-26-,33-31-,40-38-,41-37-,49-46-,50-47-. The van der Waals surface area contributed by atoms with Gasteiger partial charge in [-0.15, -0.1) is 0 Å². The Morgan fingerprint density at radius 1 is 0.420 bits per heavy atom. The minimum atomic E-state index is -1.93. The molecule has 1 heterocycles. The number of carbonyl (C=O) groups excluding carboxylic acids is 3. The third kappa shape index (κ3) is 44.9. The number of aliphatic carboxylic acids is 1. The van der Waals surface area contributed by atoms with Crippen molar-refractivity contribution in [2.75, 3.05) is 13.2 Å². The zero-order valence-corrected chi connectivity index (χ0v) is 50.0. The molecule has 0 aliphatic carbocycles. The fraction of sp³-hybridized carbons (Fsp3) is 0.594. The molecule has 6 unspecified atom stereocenters. The molecular formula is C69H106O12. The summed E-state index contributed by atoms with van der Waals surface area (Å²) < 4.78 is 28.3. The first-order valence-electron chi connectivity index (χ1n) is 30.8. The number of aliphatic hydroxyl groups excluding tert-OH is 2. The van der Waals surface area contributed by atoms with Gasteiger partial charge in [0.25, 0.3) is 0 Å². The average molecular weight is 1130 g/mol. The fourth-order valence-electron chi connectivity index (χ4n) is 8.26. The van der Waals surface area contributed by atoms with Crippen molar-refractivity contribution in [2.45, 2.75) is 250 Å². The van der Waals surface area contributed by atoms with Crippen LogP contribution in [-0.4, -0.2) is 89.2 Å². The SMILES string of the molecule is CC/C=C\C/C=C\C/C=C\C/C=C\C/C=C\C/C=C\CCC(=O)OCC(COC1OC(C(=O)O)C(O)C(O)C1OC(=O)CCCCCCCCCCC/C=C\C/C=C\CCCCC)OC(=O)CC/C=C\C/C=C\C/C=C\C/C=C\CC. The van der Waals surface area contributed by atoms with Gasteiger partial charge in [-0.3, -0.25) is 14.4 Å². The molecule has 454 valence electrons. The van der Waals surface area contributed by atoms with E-state index in [2.05, 4.69) is 136 Å². The van der Waals surface area contributed by atoms with Crippen LogP contribution in [0.1, 0.15) is 213 Å². The molecule has 3 N–H and O–H groups in total. The van der Waals surface area contributed by atoms with Gasteiger partial charge in [0.1, 0.15) is 18.8 Å². The Kier molecular flexibility index (Phi) is 50.1. The van der Waals surface area contributed by atoms with Crippen LogP contribution in [-0.2, 0) is 42.9 Å². The van der Waals surface area contributed by atoms with Crippen LogP contribution in [0.3, 0.4) is 0 Å². The second-order valence-corrected chi connectivity index (χ2v) is 20.2. The number of allylic oxidation sites excluding steroid dienone is 24. The quantitative estimate of drug-likeness (QED) is 0.0228. The average Bonchev–Trinajstić information content (AvgIpc) is 3.45. The number of rotatable bonds is 50. The molecule has 0 amide bonds. The Labute approximate surface area is 489 Å². The lowest BCUT2D eigenvalue weighted by Gasteiger charge is -2.40. The minimum absolute atomic E-state index is 0.0173. The van der Waals surface area contributed by atoms with Gasteiger partial charge < -0.3 is 39.0 Å². The van der Waals surface area contributed by atoms with E-state index >= 15 is 0 Å². The van der Waals surface area contributed by atoms with Gasteiger partial charge in [0.05, 0.1) is 6.61 Å². The smallest absolute Gasteiger partial charge is 0.335 e. The predicted octanol–water partition coefficient (Wildman–Crippen LogP) is 16.3. The van der Waals surface area contributed by atoms with Crippen molar-refractivity contribution in [3.63, 3.8) is 0 Å². The molecule has 1 aliphatic rings. The van der Waals surface area contributed by atoms with Gasteiger partial charge in [-0.2, -0.15) is 0 Å². The lowest BCUT2D eigenvalue weighted by molar-refractivity contribution is -0.301. The Morgan fingerprint density at radius 3 is 1.23 bits per heavy atom. The number of carboxylic acid groups (broad SMARTS) is 1. The zero-order valence-electron chi connectivity index (χ0n) is 50.0. The maximum Gasteiger partial charge on any atom is 0.335 e. The molecule has 12 nitrogen and oxygen atoms in total. The molecule has 81 heavy (non-hydrogen) atoms. The Bertz CT molecular complexity index is 1960. The number of esters is 3. The number of aliphatic hydroxyl groups is 2. The summed E-state index contributed by atoms with van der Waals surface area (Å²) in [5, 5.41) is 31.5. The number of carbonyl (C=O) groups is 4. The summed E-state index contributed by atoms with van der Waals surface area (Å²) >= 11 is 0. The van der Waals surface area contributed by atoms with Crippen molar-refractivity contribution in [3.8, 4) is 0 Å². The summed E-state index contributed by atoms with van der Waals surface area (Å²) in [6.45, 7) is 5.60. The minimum Gasteiger partial charge on any atom is -0.479 e. The largest absolute Gasteiger partial charge is 0.479 e. The van der Waals surface area contributed by atoms with Crippen molar-refractivity contribution in [1.82, 2.24) is 0 Å². The van der Waals surface area contributed by atoms with Crippen molar-refractivity contribution < 1.29 is 58.2 Å². The molecule has 0 radical (unpaired) electrons. The molecule has 12 heteroatoms. The molecule has 0 spiro atoms. The fourth-order valence-corrected chi connectivity index (χ4v) is 8.26. The molecular weight excluding hydrogens is 1020 g/mol. The van der Waals surface area contributed by atoms with Crippen molar-refractivity contribution in [3.05, 3.63) is 146 Å². The first-order chi connectivity index (χ1) is 39.6. The van der Waals surface area contributed by atoms with Crippen LogP contribution in [0.4, 0.5) is 0 Å². The second kappa shape index (κ2) is 55.2. The molecule has 0 aromatic rings. The van der Waals surface area contributed by atoms with E-state index in [-0.39, 0.29) is 19.3 Å². The third-order valence-corrected chi connectivity index (χ3v) is 12.9. The highest BCUT2D eigenvalue weighted by Crippen LogP contribution is 2.26. The summed E-state index contributed by atoms with van der Waals surface area (Å²) in [6.07, 6.45) is 67.0. The highest BCUT2D eigenvalue weighted by molar-refractivity contribution is 5.74. The van der Waals surface area contributed by atoms with Gasteiger partial charge in [-0.25, -0.2) is 4.79 Å². The molecule has 0 saturated carbocycles. The van der Waals surface area contributed by atoms with Crippen LogP contribution in [0, 0.1) is 0 Å². The van der Waals surface area contributed by atoms with Gasteiger partial charge in [-0.1, -0.05) is 224 Å². The van der Waals surface area contributed by atoms with E-state index in [4.69, 9.17) is 23.7 Å². The summed E-state index contributed by atoms with van der Waals surface area (Å²) in [6, 6.07) is 0. The van der Waals surface area contributed by atoms with Gasteiger partial charge in [0.15, 0.2) is 24.6 Å². The summed E-state index contributed by atoms with van der Waals surface area (Å²) in [7, 11) is 0. The Hall–Kier alpha value is -5.40. The zero-order chi connectivity index (χ0) is 58.9. The van der Waals surface area contributed by atoms with Gasteiger partial charge >= 0.3 is 23.9 Å². The van der Waals surface area contributed by atoms with Crippen molar-refractivity contribution in [2.24, 2.45) is 0 Å². The Balaban J connectivity index is 2.74. The molecule has 1 fully saturated rings. The number of hydrogen-bond acceptors (Lipinski definition) is 11. The lowest BCUT2D eigenvalue weighted by Crippen LogP contribution is -2.61. The number of carboxylic acids is 1. The highest BCUT2D eigenvalue weighted by Gasteiger charge is 2.50. The summed E-state index contributed by atoms with van der Waals surface area (Å²) in [5.41, 5.74) is 0. The van der Waals surface area contributed by atoms with Gasteiger partial charge in [-0.05, 0) is 116 Å². The number of ether oxygens (including phenoxy) is 5. The molecule has 0 bridgehead atoms. The topological polar surface area (TPSA) is 175 Å². The van der Waals surface area contributed by atoms with Crippen LogP contribution >= 0.6 is 0 Å². The van der Waals surface area contributed by atoms with Crippen LogP contribution < -0.4 is 0 Å².